The Hall–Kier alpha value is -8.36. The van der Waals surface area contributed by atoms with E-state index in [1.807, 2.05) is 273 Å². The van der Waals surface area contributed by atoms with E-state index >= 15 is 9.59 Å². The Morgan fingerprint density at radius 2 is 0.708 bits per heavy atom. The standard InChI is InChI=1S/C85H89BrN2O16S2/c1-59(89)87-72-76(103-84(86,82(91)93-3)80(105-68-46-28-12-29-47-68)78(72)100-55-66-42-24-10-25-43-66)75(99-54-65-40-22-9-23-41-65)71(58-96-51-62-34-16-6-17-35-62)102-85(83(92)94-4)81(106-69-48-30-13-31-49-69)79(101-56-67-44-26-11-27-45-67)73(88-60(2)90)77(104-85)74(98-53-64-38-20-8-21-39-64)70(97-52-63-36-18-7-19-37-63)57-95-50-61-32-14-5-15-33-61/h5-49,70-81H,50-58H2,1-4H3,(H,87,89)(H,88,90)/t70-,71-,72+,73+,74-,75-,76-,77-,78-,79-,80?,81?,84-,85-/m1/s1. The Balaban J connectivity index is 1.16. The van der Waals surface area contributed by atoms with E-state index in [4.69, 9.17) is 56.8 Å². The predicted molar refractivity (Wildman–Crippen MR) is 408 cm³/mol. The minimum Gasteiger partial charge on any atom is -0.466 e. The number of ether oxygens (including phenoxy) is 12. The third kappa shape index (κ3) is 21.5. The number of benzene rings is 9. The molecule has 2 heterocycles. The first-order chi connectivity index (χ1) is 51.8. The van der Waals surface area contributed by atoms with Crippen molar-refractivity contribution in [1.29, 1.82) is 0 Å². The molecule has 2 N–H and O–H groups in total. The van der Waals surface area contributed by atoms with E-state index in [9.17, 15) is 9.59 Å². The second-order valence-electron chi connectivity index (χ2n) is 25.7. The molecular weight excluding hydrogens is 1450 g/mol. The molecule has 2 fully saturated rings. The number of carbonyl (C=O) groups excluding carboxylic acids is 4. The molecule has 18 nitrogen and oxygen atoms in total. The van der Waals surface area contributed by atoms with Crippen LogP contribution in [-0.4, -0.2) is 133 Å². The molecule has 106 heavy (non-hydrogen) atoms. The van der Waals surface area contributed by atoms with Crippen LogP contribution in [0.3, 0.4) is 0 Å². The Morgan fingerprint density at radius 1 is 0.396 bits per heavy atom. The highest BCUT2D eigenvalue weighted by Crippen LogP contribution is 2.51. The number of nitrogens with one attached hydrogen (secondary N) is 2. The monoisotopic (exact) mass is 1540 g/mol. The summed E-state index contributed by atoms with van der Waals surface area (Å²) in [6, 6.07) is 83.2. The molecule has 2 saturated heterocycles. The number of methoxy groups -OCH3 is 2. The summed E-state index contributed by atoms with van der Waals surface area (Å²) in [5, 5.41) is 4.09. The van der Waals surface area contributed by atoms with Crippen LogP contribution >= 0.6 is 39.5 Å². The summed E-state index contributed by atoms with van der Waals surface area (Å²) in [5.41, 5.74) is 5.52. The van der Waals surface area contributed by atoms with Crippen LogP contribution in [0.5, 0.6) is 0 Å². The number of carbonyl (C=O) groups is 4. The van der Waals surface area contributed by atoms with Crippen LogP contribution in [0.25, 0.3) is 0 Å². The van der Waals surface area contributed by atoms with Crippen molar-refractivity contribution in [2.75, 3.05) is 27.4 Å². The number of amides is 2. The Morgan fingerprint density at radius 3 is 1.08 bits per heavy atom. The number of halogens is 1. The maximum atomic E-state index is 16.7. The fourth-order valence-electron chi connectivity index (χ4n) is 13.0. The van der Waals surface area contributed by atoms with Crippen molar-refractivity contribution in [3.05, 3.63) is 312 Å². The summed E-state index contributed by atoms with van der Waals surface area (Å²) >= 11 is 6.39. The van der Waals surface area contributed by atoms with E-state index in [0.717, 1.165) is 38.3 Å². The first kappa shape index (κ1) is 78.7. The second kappa shape index (κ2) is 40.0. The fourth-order valence-corrected chi connectivity index (χ4v) is 16.5. The quantitative estimate of drug-likeness (QED) is 0.0274. The smallest absolute Gasteiger partial charge is 0.367 e. The summed E-state index contributed by atoms with van der Waals surface area (Å²) in [4.78, 5) is 62.3. The molecule has 0 bridgehead atoms. The van der Waals surface area contributed by atoms with Gasteiger partial charge in [-0.1, -0.05) is 249 Å². The number of alkyl halides is 1. The molecule has 9 aromatic carbocycles. The van der Waals surface area contributed by atoms with Crippen molar-refractivity contribution in [2.24, 2.45) is 0 Å². The molecule has 554 valence electrons. The zero-order chi connectivity index (χ0) is 73.9. The number of hydrogen-bond acceptors (Lipinski definition) is 18. The fraction of sp³-hybridized carbons (Fsp3) is 0.318. The Labute approximate surface area is 636 Å². The molecule has 21 heteroatoms. The van der Waals surface area contributed by atoms with E-state index in [-0.39, 0.29) is 52.9 Å². The van der Waals surface area contributed by atoms with Crippen LogP contribution in [0, 0.1) is 0 Å². The zero-order valence-electron chi connectivity index (χ0n) is 59.5. The molecular formula is C85H89BrN2O16S2. The van der Waals surface area contributed by atoms with Gasteiger partial charge in [0.2, 0.25) is 16.3 Å². The predicted octanol–water partition coefficient (Wildman–Crippen LogP) is 14.0. The van der Waals surface area contributed by atoms with Gasteiger partial charge in [-0.05, 0) is 79.1 Å². The highest BCUT2D eigenvalue weighted by atomic mass is 79.9. The maximum absolute atomic E-state index is 16.7. The summed E-state index contributed by atoms with van der Waals surface area (Å²) in [7, 11) is 2.49. The third-order valence-corrected chi connectivity index (χ3v) is 22.1. The normalized spacial score (nSPS) is 22.5. The van der Waals surface area contributed by atoms with Crippen LogP contribution in [0.2, 0.25) is 0 Å². The number of thioether (sulfide) groups is 2. The van der Waals surface area contributed by atoms with Gasteiger partial charge < -0.3 is 67.5 Å². The Kier molecular flexibility index (Phi) is 29.7. The Bertz CT molecular complexity index is 4110. The molecule has 14 atom stereocenters. The van der Waals surface area contributed by atoms with E-state index in [1.165, 1.54) is 51.6 Å². The van der Waals surface area contributed by atoms with E-state index in [0.29, 0.717) is 10.5 Å². The van der Waals surface area contributed by atoms with Gasteiger partial charge in [-0.3, -0.25) is 9.59 Å². The number of rotatable bonds is 37. The van der Waals surface area contributed by atoms with Gasteiger partial charge in [0, 0.05) is 23.6 Å². The molecule has 2 amide bonds. The van der Waals surface area contributed by atoms with Gasteiger partial charge in [-0.2, -0.15) is 0 Å². The average molecular weight is 1540 g/mol. The lowest BCUT2D eigenvalue weighted by atomic mass is 9.86. The highest BCUT2D eigenvalue weighted by molar-refractivity contribution is 9.10. The van der Waals surface area contributed by atoms with Crippen LogP contribution in [0.1, 0.15) is 52.8 Å². The molecule has 2 unspecified atom stereocenters. The lowest BCUT2D eigenvalue weighted by Crippen LogP contribution is -2.76. The topological polar surface area (TPSA) is 203 Å². The van der Waals surface area contributed by atoms with E-state index < -0.39 is 112 Å². The molecule has 0 saturated carbocycles. The van der Waals surface area contributed by atoms with Gasteiger partial charge in [0.05, 0.1) is 103 Å². The van der Waals surface area contributed by atoms with Gasteiger partial charge in [0.15, 0.2) is 0 Å². The lowest BCUT2D eigenvalue weighted by Gasteiger charge is -2.55. The molecule has 0 radical (unpaired) electrons. The first-order valence-corrected chi connectivity index (χ1v) is 37.7. The minimum absolute atomic E-state index is 0.000164. The summed E-state index contributed by atoms with van der Waals surface area (Å²) in [6.45, 7) is 2.23. The van der Waals surface area contributed by atoms with E-state index in [1.54, 1.807) is 0 Å². The lowest BCUT2D eigenvalue weighted by molar-refractivity contribution is -0.343. The minimum atomic E-state index is -2.73. The SMILES string of the molecule is COC(=O)[C@]1(O[C@H](COCc2ccccc2)[C@@H](OCc2ccccc2)[C@@H]2O[C@@](Br)(C(=O)OC)C(Sc3ccccc3)[C@H](OCc3ccccc3)[C@H]2NC(C)=O)O[C@@H]([C@H](OCc2ccccc2)[C@@H](COCc2ccccc2)OCc2ccccc2)[C@H](NC(C)=O)[C@@H](OCc2ccccc2)C1Sc1ccccc1. The summed E-state index contributed by atoms with van der Waals surface area (Å²) in [5.74, 6) is -5.57. The molecule has 0 spiro atoms. The van der Waals surface area contributed by atoms with Crippen LogP contribution in [-0.2, 0) is 122 Å². The van der Waals surface area contributed by atoms with Gasteiger partial charge >= 0.3 is 11.9 Å². The van der Waals surface area contributed by atoms with Crippen LogP contribution < -0.4 is 10.6 Å². The number of hydrogen-bond donors (Lipinski definition) is 2. The van der Waals surface area contributed by atoms with Gasteiger partial charge in [-0.15, -0.1) is 23.5 Å². The first-order valence-electron chi connectivity index (χ1n) is 35.2. The summed E-state index contributed by atoms with van der Waals surface area (Å²) < 4.78 is 83.4. The largest absolute Gasteiger partial charge is 0.466 e. The molecule has 2 aliphatic rings. The summed E-state index contributed by atoms with van der Waals surface area (Å²) in [6.07, 6.45) is -11.0. The molecule has 2 aliphatic heterocycles. The van der Waals surface area contributed by atoms with Gasteiger partial charge in [0.25, 0.3) is 5.79 Å². The maximum Gasteiger partial charge on any atom is 0.367 e. The van der Waals surface area contributed by atoms with Crippen molar-refractivity contribution in [3.8, 4) is 0 Å². The van der Waals surface area contributed by atoms with Gasteiger partial charge in [0.1, 0.15) is 41.9 Å². The van der Waals surface area contributed by atoms with Crippen molar-refractivity contribution in [3.63, 3.8) is 0 Å². The zero-order valence-corrected chi connectivity index (χ0v) is 62.7. The highest BCUT2D eigenvalue weighted by Gasteiger charge is 2.67. The molecule has 0 aliphatic carbocycles. The molecule has 0 aromatic heterocycles. The molecule has 9 aromatic rings. The third-order valence-electron chi connectivity index (χ3n) is 18.0. The van der Waals surface area contributed by atoms with E-state index in [2.05, 4.69) is 26.6 Å². The van der Waals surface area contributed by atoms with Crippen molar-refractivity contribution in [2.45, 2.75) is 152 Å². The van der Waals surface area contributed by atoms with Crippen molar-refractivity contribution < 1.29 is 76.0 Å². The van der Waals surface area contributed by atoms with Crippen LogP contribution in [0.4, 0.5) is 0 Å². The van der Waals surface area contributed by atoms with Crippen molar-refractivity contribution in [1.82, 2.24) is 10.6 Å². The number of esters is 2. The van der Waals surface area contributed by atoms with Gasteiger partial charge in [-0.25, -0.2) is 9.59 Å². The van der Waals surface area contributed by atoms with Crippen molar-refractivity contribution >= 4 is 63.2 Å². The average Bonchev–Trinajstić information content (AvgIpc) is 0.730. The second-order valence-corrected chi connectivity index (χ2v) is 29.3. The molecule has 11 rings (SSSR count). The van der Waals surface area contributed by atoms with Crippen LogP contribution in [0.15, 0.2) is 283 Å².